The van der Waals surface area contributed by atoms with Crippen LogP contribution in [0.15, 0.2) is 18.3 Å². The molecule has 1 saturated carbocycles. The fourth-order valence-corrected chi connectivity index (χ4v) is 2.16. The Hall–Kier alpha value is -0.410. The van der Waals surface area contributed by atoms with Gasteiger partial charge in [0, 0.05) is 31.0 Å². The average Bonchev–Trinajstić information content (AvgIpc) is 2.97. The van der Waals surface area contributed by atoms with Crippen molar-refractivity contribution in [2.45, 2.75) is 38.4 Å². The molecule has 2 nitrogen and oxygen atoms in total. The van der Waals surface area contributed by atoms with E-state index in [-0.39, 0.29) is 0 Å². The number of aryl methyl sites for hydroxylation is 1. The van der Waals surface area contributed by atoms with Crippen LogP contribution in [0.3, 0.4) is 0 Å². The molecule has 0 amide bonds. The van der Waals surface area contributed by atoms with Crippen LogP contribution in [0.1, 0.15) is 25.0 Å². The van der Waals surface area contributed by atoms with Gasteiger partial charge in [-0.3, -0.25) is 0 Å². The first-order valence-electron chi connectivity index (χ1n) is 5.76. The van der Waals surface area contributed by atoms with Gasteiger partial charge in [-0.05, 0) is 43.4 Å². The second kappa shape index (κ2) is 5.61. The third-order valence-corrected chi connectivity index (χ3v) is 3.52. The highest BCUT2D eigenvalue weighted by Gasteiger charge is 2.20. The maximum absolute atomic E-state index is 3.56. The van der Waals surface area contributed by atoms with Crippen molar-refractivity contribution in [2.75, 3.05) is 12.0 Å². The van der Waals surface area contributed by atoms with Gasteiger partial charge in [-0.15, -0.1) is 0 Å². The van der Waals surface area contributed by atoms with Gasteiger partial charge in [0.1, 0.15) is 0 Å². The fraction of sp³-hybridized carbons (Fsp3) is 0.667. The van der Waals surface area contributed by atoms with Crippen LogP contribution >= 0.6 is 11.8 Å². The van der Waals surface area contributed by atoms with E-state index in [0.29, 0.717) is 0 Å². The summed E-state index contributed by atoms with van der Waals surface area (Å²) in [6.45, 7) is 2.20. The molecule has 1 N–H and O–H groups in total. The highest BCUT2D eigenvalue weighted by Crippen LogP contribution is 2.19. The molecule has 1 aromatic rings. The summed E-state index contributed by atoms with van der Waals surface area (Å²) < 4.78 is 2.38. The summed E-state index contributed by atoms with van der Waals surface area (Å²) >= 11 is 1.93. The van der Waals surface area contributed by atoms with Crippen molar-refractivity contribution in [3.8, 4) is 0 Å². The summed E-state index contributed by atoms with van der Waals surface area (Å²) in [5.74, 6) is 1.26. The maximum Gasteiger partial charge on any atom is 0.0361 e. The third kappa shape index (κ3) is 3.58. The molecule has 0 radical (unpaired) electrons. The van der Waals surface area contributed by atoms with Gasteiger partial charge in [0.15, 0.2) is 0 Å². The molecule has 84 valence electrons. The first kappa shape index (κ1) is 11.1. The van der Waals surface area contributed by atoms with Gasteiger partial charge in [-0.25, -0.2) is 0 Å². The molecule has 0 aromatic carbocycles. The summed E-state index contributed by atoms with van der Waals surface area (Å²) in [6.07, 6.45) is 8.38. The third-order valence-electron chi connectivity index (χ3n) is 2.82. The fourth-order valence-electron chi connectivity index (χ4n) is 1.74. The van der Waals surface area contributed by atoms with E-state index < -0.39 is 0 Å². The second-order valence-electron chi connectivity index (χ2n) is 4.19. The van der Waals surface area contributed by atoms with E-state index in [1.165, 1.54) is 30.7 Å². The Morgan fingerprint density at radius 2 is 2.40 bits per heavy atom. The highest BCUT2D eigenvalue weighted by atomic mass is 32.2. The number of aromatic nitrogens is 1. The predicted molar refractivity (Wildman–Crippen MR) is 67.3 cm³/mol. The molecular formula is C12H20N2S. The maximum atomic E-state index is 3.56. The van der Waals surface area contributed by atoms with E-state index >= 15 is 0 Å². The van der Waals surface area contributed by atoms with Crippen molar-refractivity contribution in [3.63, 3.8) is 0 Å². The summed E-state index contributed by atoms with van der Waals surface area (Å²) in [5.41, 5.74) is 1.43. The standard InChI is InChI=1S/C12H20N2S/c1-15-9-3-8-14-7-2-4-12(14)10-13-11-5-6-11/h2,4,7,11,13H,3,5-6,8-10H2,1H3. The molecular weight excluding hydrogens is 204 g/mol. The molecule has 0 atom stereocenters. The predicted octanol–water partition coefficient (Wildman–Crippen LogP) is 2.49. The average molecular weight is 224 g/mol. The van der Waals surface area contributed by atoms with Crippen LogP contribution < -0.4 is 5.32 Å². The van der Waals surface area contributed by atoms with Gasteiger partial charge < -0.3 is 9.88 Å². The lowest BCUT2D eigenvalue weighted by Crippen LogP contribution is -2.18. The molecule has 3 heteroatoms. The first-order valence-corrected chi connectivity index (χ1v) is 7.16. The van der Waals surface area contributed by atoms with Crippen LogP contribution in [0.4, 0.5) is 0 Å². The van der Waals surface area contributed by atoms with E-state index in [1.807, 2.05) is 11.8 Å². The number of rotatable bonds is 7. The molecule has 0 spiro atoms. The van der Waals surface area contributed by atoms with Crippen molar-refractivity contribution >= 4 is 11.8 Å². The molecule has 1 fully saturated rings. The van der Waals surface area contributed by atoms with Crippen LogP contribution in [0, 0.1) is 0 Å². The quantitative estimate of drug-likeness (QED) is 0.717. The van der Waals surface area contributed by atoms with Crippen LogP contribution in [0.2, 0.25) is 0 Å². The summed E-state index contributed by atoms with van der Waals surface area (Å²) in [7, 11) is 0. The molecule has 1 aromatic heterocycles. The van der Waals surface area contributed by atoms with Gasteiger partial charge in [0.2, 0.25) is 0 Å². The van der Waals surface area contributed by atoms with Crippen molar-refractivity contribution in [3.05, 3.63) is 24.0 Å². The van der Waals surface area contributed by atoms with Gasteiger partial charge in [-0.1, -0.05) is 0 Å². The Balaban J connectivity index is 1.78. The number of nitrogens with one attached hydrogen (secondary N) is 1. The lowest BCUT2D eigenvalue weighted by Gasteiger charge is -2.09. The second-order valence-corrected chi connectivity index (χ2v) is 5.18. The van der Waals surface area contributed by atoms with E-state index in [4.69, 9.17) is 0 Å². The minimum atomic E-state index is 0.805. The molecule has 2 rings (SSSR count). The number of nitrogens with zero attached hydrogens (tertiary/aromatic N) is 1. The van der Waals surface area contributed by atoms with Crippen molar-refractivity contribution in [1.29, 1.82) is 0 Å². The Morgan fingerprint density at radius 3 is 3.13 bits per heavy atom. The zero-order valence-electron chi connectivity index (χ0n) is 9.41. The lowest BCUT2D eigenvalue weighted by molar-refractivity contribution is 0.602. The molecule has 1 aliphatic carbocycles. The Labute approximate surface area is 96.4 Å². The molecule has 15 heavy (non-hydrogen) atoms. The summed E-state index contributed by atoms with van der Waals surface area (Å²) in [4.78, 5) is 0. The van der Waals surface area contributed by atoms with E-state index in [1.54, 1.807) is 0 Å². The van der Waals surface area contributed by atoms with Crippen LogP contribution in [0.5, 0.6) is 0 Å². The topological polar surface area (TPSA) is 17.0 Å². The molecule has 0 aliphatic heterocycles. The zero-order valence-corrected chi connectivity index (χ0v) is 10.2. The van der Waals surface area contributed by atoms with Gasteiger partial charge in [0.05, 0.1) is 0 Å². The van der Waals surface area contributed by atoms with Crippen LogP contribution in [0.25, 0.3) is 0 Å². The van der Waals surface area contributed by atoms with Gasteiger partial charge in [-0.2, -0.15) is 11.8 Å². The number of thioether (sulfide) groups is 1. The van der Waals surface area contributed by atoms with Gasteiger partial charge >= 0.3 is 0 Å². The number of hydrogen-bond acceptors (Lipinski definition) is 2. The highest BCUT2D eigenvalue weighted by molar-refractivity contribution is 7.98. The van der Waals surface area contributed by atoms with Crippen molar-refractivity contribution < 1.29 is 0 Å². The molecule has 0 unspecified atom stereocenters. The molecule has 0 saturated heterocycles. The van der Waals surface area contributed by atoms with Gasteiger partial charge in [0.25, 0.3) is 0 Å². The molecule has 1 aliphatic rings. The summed E-state index contributed by atoms with van der Waals surface area (Å²) in [6, 6.07) is 5.19. The SMILES string of the molecule is CSCCCn1cccc1CNC1CC1. The Morgan fingerprint density at radius 1 is 1.53 bits per heavy atom. The Bertz CT molecular complexity index is 292. The largest absolute Gasteiger partial charge is 0.350 e. The van der Waals surface area contributed by atoms with E-state index in [9.17, 15) is 0 Å². The Kier molecular flexibility index (Phi) is 4.15. The van der Waals surface area contributed by atoms with Crippen molar-refractivity contribution in [1.82, 2.24) is 9.88 Å². The van der Waals surface area contributed by atoms with Crippen LogP contribution in [-0.2, 0) is 13.1 Å². The first-order chi connectivity index (χ1) is 7.40. The normalized spacial score (nSPS) is 15.8. The minimum absolute atomic E-state index is 0.805. The number of hydrogen-bond donors (Lipinski definition) is 1. The van der Waals surface area contributed by atoms with E-state index in [2.05, 4.69) is 34.5 Å². The summed E-state index contributed by atoms with van der Waals surface area (Å²) in [5, 5.41) is 3.56. The minimum Gasteiger partial charge on any atom is -0.350 e. The monoisotopic (exact) mass is 224 g/mol. The van der Waals surface area contributed by atoms with Crippen molar-refractivity contribution in [2.24, 2.45) is 0 Å². The van der Waals surface area contributed by atoms with E-state index in [0.717, 1.165) is 19.1 Å². The van der Waals surface area contributed by atoms with Crippen LogP contribution in [-0.4, -0.2) is 22.6 Å². The lowest BCUT2D eigenvalue weighted by atomic mass is 10.4. The zero-order chi connectivity index (χ0) is 10.5. The smallest absolute Gasteiger partial charge is 0.0361 e. The molecule has 1 heterocycles. The molecule has 0 bridgehead atoms.